The van der Waals surface area contributed by atoms with Gasteiger partial charge in [-0.1, -0.05) is 18.6 Å². The minimum Gasteiger partial charge on any atom is -0.481 e. The zero-order valence-corrected chi connectivity index (χ0v) is 13.6. The van der Waals surface area contributed by atoms with Gasteiger partial charge in [-0.15, -0.1) is 0 Å². The van der Waals surface area contributed by atoms with Crippen molar-refractivity contribution in [1.29, 1.82) is 0 Å². The number of aliphatic carboxylic acids is 2. The molecule has 0 amide bonds. The molecule has 23 heavy (non-hydrogen) atoms. The van der Waals surface area contributed by atoms with E-state index in [0.29, 0.717) is 12.5 Å². The molecule has 0 aromatic heterocycles. The molecular formula is C18H27NO4. The second-order valence-corrected chi connectivity index (χ2v) is 7.87. The van der Waals surface area contributed by atoms with Gasteiger partial charge in [0.2, 0.25) is 0 Å². The molecule has 4 rings (SSSR count). The van der Waals surface area contributed by atoms with Gasteiger partial charge < -0.3 is 15.9 Å². The first-order valence-corrected chi connectivity index (χ1v) is 8.78. The quantitative estimate of drug-likeness (QED) is 0.693. The van der Waals surface area contributed by atoms with E-state index in [2.05, 4.69) is 6.92 Å². The van der Waals surface area contributed by atoms with Crippen molar-refractivity contribution in [3.63, 3.8) is 0 Å². The van der Waals surface area contributed by atoms with Gasteiger partial charge in [0, 0.05) is 6.04 Å². The number of allylic oxidation sites excluding steroid dienone is 2. The number of hydrogen-bond acceptors (Lipinski definition) is 3. The molecule has 0 spiro atoms. The van der Waals surface area contributed by atoms with E-state index in [1.165, 1.54) is 25.7 Å². The Hall–Kier alpha value is -1.36. The number of rotatable bonds is 3. The molecule has 0 aromatic rings. The predicted molar refractivity (Wildman–Crippen MR) is 85.6 cm³/mol. The minimum atomic E-state index is -0.982. The Kier molecular flexibility index (Phi) is 4.50. The van der Waals surface area contributed by atoms with E-state index in [1.807, 2.05) is 12.2 Å². The Morgan fingerprint density at radius 3 is 1.87 bits per heavy atom. The van der Waals surface area contributed by atoms with Crippen molar-refractivity contribution in [2.24, 2.45) is 47.2 Å². The fourth-order valence-corrected chi connectivity index (χ4v) is 5.43. The minimum absolute atomic E-state index is 0.0661. The molecule has 128 valence electrons. The summed E-state index contributed by atoms with van der Waals surface area (Å²) in [6, 6.07) is 0.454. The summed E-state index contributed by atoms with van der Waals surface area (Å²) in [4.78, 5) is 21.6. The molecule has 4 N–H and O–H groups in total. The molecule has 4 aliphatic rings. The molecule has 0 aliphatic heterocycles. The molecule has 5 heteroatoms. The van der Waals surface area contributed by atoms with E-state index in [4.69, 9.17) is 15.9 Å². The first kappa shape index (κ1) is 16.5. The second-order valence-electron chi connectivity index (χ2n) is 7.87. The van der Waals surface area contributed by atoms with Crippen molar-refractivity contribution in [2.45, 2.75) is 45.1 Å². The van der Waals surface area contributed by atoms with Gasteiger partial charge in [-0.25, -0.2) is 0 Å². The molecule has 4 aliphatic carbocycles. The molecule has 8 unspecified atom stereocenters. The molecule has 3 fully saturated rings. The first-order chi connectivity index (χ1) is 10.9. The highest BCUT2D eigenvalue weighted by Gasteiger charge is 2.51. The maximum absolute atomic E-state index is 10.8. The predicted octanol–water partition coefficient (Wildman–Crippen LogP) is 2.36. The van der Waals surface area contributed by atoms with Gasteiger partial charge in [0.05, 0.1) is 11.8 Å². The van der Waals surface area contributed by atoms with Crippen LogP contribution in [-0.2, 0) is 9.59 Å². The molecule has 0 heterocycles. The van der Waals surface area contributed by atoms with Gasteiger partial charge in [0.1, 0.15) is 0 Å². The van der Waals surface area contributed by atoms with Crippen molar-refractivity contribution in [3.8, 4) is 0 Å². The van der Waals surface area contributed by atoms with Crippen LogP contribution in [0.5, 0.6) is 0 Å². The van der Waals surface area contributed by atoms with E-state index in [0.717, 1.165) is 17.8 Å². The standard InChI is InChI=1S/C9H17N.C9H10O4/c1-6(10)9-5-7-2-3-8(9)4-7;10-8(11)6-4-1-2-5(3-4)7(6)9(12)13/h6-9H,2-5,10H2,1H3;1-2,4-7H,3H2,(H,10,11)(H,12,13). The number of fused-ring (bicyclic) bond motifs is 4. The SMILES string of the molecule is CC(N)C1CC2CCC1C2.O=C(O)C1C2C=CC(C2)C1C(=O)O. The van der Waals surface area contributed by atoms with Crippen LogP contribution in [0.4, 0.5) is 0 Å². The second kappa shape index (κ2) is 6.27. The zero-order valence-electron chi connectivity index (χ0n) is 13.6. The van der Waals surface area contributed by atoms with Crippen LogP contribution in [0.2, 0.25) is 0 Å². The van der Waals surface area contributed by atoms with Gasteiger partial charge >= 0.3 is 11.9 Å². The Labute approximate surface area is 136 Å². The molecule has 0 saturated heterocycles. The van der Waals surface area contributed by atoms with E-state index >= 15 is 0 Å². The third kappa shape index (κ3) is 3.03. The van der Waals surface area contributed by atoms with E-state index < -0.39 is 23.8 Å². The summed E-state index contributed by atoms with van der Waals surface area (Å²) in [6.45, 7) is 2.17. The van der Waals surface area contributed by atoms with Crippen LogP contribution in [0, 0.1) is 41.4 Å². The number of carboxylic acids is 2. The summed E-state index contributed by atoms with van der Waals surface area (Å²) >= 11 is 0. The number of hydrogen-bond donors (Lipinski definition) is 3. The van der Waals surface area contributed by atoms with Crippen molar-refractivity contribution < 1.29 is 19.8 Å². The Bertz CT molecular complexity index is 487. The maximum atomic E-state index is 10.8. The zero-order chi connectivity index (χ0) is 16.7. The molecule has 0 aromatic carbocycles. The van der Waals surface area contributed by atoms with E-state index in [1.54, 1.807) is 0 Å². The van der Waals surface area contributed by atoms with Crippen molar-refractivity contribution in [3.05, 3.63) is 12.2 Å². The Balaban J connectivity index is 0.000000140. The molecule has 5 nitrogen and oxygen atoms in total. The lowest BCUT2D eigenvalue weighted by atomic mass is 9.83. The average Bonchev–Trinajstić information content (AvgIpc) is 3.25. The summed E-state index contributed by atoms with van der Waals surface area (Å²) in [7, 11) is 0. The lowest BCUT2D eigenvalue weighted by Gasteiger charge is -2.24. The van der Waals surface area contributed by atoms with Crippen LogP contribution in [-0.4, -0.2) is 28.2 Å². The summed E-state index contributed by atoms with van der Waals surface area (Å²) < 4.78 is 0. The molecule has 3 saturated carbocycles. The van der Waals surface area contributed by atoms with Gasteiger partial charge in [0.25, 0.3) is 0 Å². The topological polar surface area (TPSA) is 101 Å². The summed E-state index contributed by atoms with van der Waals surface area (Å²) in [5, 5.41) is 17.7. The van der Waals surface area contributed by atoms with Crippen LogP contribution < -0.4 is 5.73 Å². The van der Waals surface area contributed by atoms with Crippen LogP contribution >= 0.6 is 0 Å². The normalized spacial score (nSPS) is 44.0. The van der Waals surface area contributed by atoms with Crippen LogP contribution in [0.1, 0.15) is 39.0 Å². The smallest absolute Gasteiger partial charge is 0.307 e. The first-order valence-electron chi connectivity index (χ1n) is 8.78. The molecule has 4 bridgehead atoms. The highest BCUT2D eigenvalue weighted by Crippen LogP contribution is 2.49. The number of nitrogens with two attached hydrogens (primary N) is 1. The summed E-state index contributed by atoms with van der Waals surface area (Å²) in [5.41, 5.74) is 5.88. The van der Waals surface area contributed by atoms with Crippen molar-refractivity contribution in [2.75, 3.05) is 0 Å². The molecule has 8 atom stereocenters. The Morgan fingerprint density at radius 1 is 1.00 bits per heavy atom. The average molecular weight is 321 g/mol. The number of carboxylic acid groups (broad SMARTS) is 2. The number of carbonyl (C=O) groups is 2. The Morgan fingerprint density at radius 2 is 1.57 bits per heavy atom. The van der Waals surface area contributed by atoms with E-state index in [-0.39, 0.29) is 11.8 Å². The van der Waals surface area contributed by atoms with Crippen LogP contribution in [0.25, 0.3) is 0 Å². The van der Waals surface area contributed by atoms with Gasteiger partial charge in [-0.05, 0) is 62.2 Å². The fourth-order valence-electron chi connectivity index (χ4n) is 5.43. The van der Waals surface area contributed by atoms with Crippen molar-refractivity contribution >= 4 is 11.9 Å². The van der Waals surface area contributed by atoms with E-state index in [9.17, 15) is 9.59 Å². The third-order valence-electron chi connectivity index (χ3n) is 6.50. The highest BCUT2D eigenvalue weighted by molar-refractivity contribution is 5.82. The van der Waals surface area contributed by atoms with Gasteiger partial charge in [0.15, 0.2) is 0 Å². The monoisotopic (exact) mass is 321 g/mol. The molecular weight excluding hydrogens is 294 g/mol. The van der Waals surface area contributed by atoms with Crippen LogP contribution in [0.15, 0.2) is 12.2 Å². The van der Waals surface area contributed by atoms with Gasteiger partial charge in [-0.3, -0.25) is 9.59 Å². The lowest BCUT2D eigenvalue weighted by Crippen LogP contribution is -2.32. The highest BCUT2D eigenvalue weighted by atomic mass is 16.4. The van der Waals surface area contributed by atoms with Crippen LogP contribution in [0.3, 0.4) is 0 Å². The van der Waals surface area contributed by atoms with Crippen molar-refractivity contribution in [1.82, 2.24) is 0 Å². The lowest BCUT2D eigenvalue weighted by molar-refractivity contribution is -0.154. The maximum Gasteiger partial charge on any atom is 0.307 e. The third-order valence-corrected chi connectivity index (χ3v) is 6.50. The summed E-state index contributed by atoms with van der Waals surface area (Å²) in [5.74, 6) is -0.592. The fraction of sp³-hybridized carbons (Fsp3) is 0.778. The molecule has 0 radical (unpaired) electrons. The summed E-state index contributed by atoms with van der Waals surface area (Å²) in [6.07, 6.45) is 10.2. The van der Waals surface area contributed by atoms with Gasteiger partial charge in [-0.2, -0.15) is 0 Å². The largest absolute Gasteiger partial charge is 0.481 e.